The second kappa shape index (κ2) is 7.97. The number of aromatic nitrogens is 1. The highest BCUT2D eigenvalue weighted by atomic mass is 16.5. The lowest BCUT2D eigenvalue weighted by Crippen LogP contribution is -2.19. The van der Waals surface area contributed by atoms with Gasteiger partial charge in [0.1, 0.15) is 5.75 Å². The smallest absolute Gasteiger partial charge is 0.273 e. The molecule has 0 saturated carbocycles. The molecule has 0 unspecified atom stereocenters. The van der Waals surface area contributed by atoms with E-state index in [2.05, 4.69) is 10.5 Å². The van der Waals surface area contributed by atoms with Gasteiger partial charge >= 0.3 is 0 Å². The number of benzene rings is 2. The van der Waals surface area contributed by atoms with Crippen LogP contribution in [0.1, 0.15) is 22.8 Å². The van der Waals surface area contributed by atoms with Gasteiger partial charge in [-0.25, -0.2) is 5.43 Å². The molecule has 0 aliphatic heterocycles. The molecule has 25 heavy (non-hydrogen) atoms. The number of hydrogen-bond acceptors (Lipinski definition) is 3. The number of nitrogens with zero attached hydrogens (tertiary/aromatic N) is 2. The average molecular weight is 333 g/mol. The van der Waals surface area contributed by atoms with Crippen LogP contribution in [0.4, 0.5) is 0 Å². The topological polar surface area (TPSA) is 55.6 Å². The van der Waals surface area contributed by atoms with Gasteiger partial charge in [-0.15, -0.1) is 0 Å². The third-order valence-corrected chi connectivity index (χ3v) is 3.60. The number of carbonyl (C=O) groups is 1. The largest absolute Gasteiger partial charge is 0.494 e. The molecule has 126 valence electrons. The first-order valence-corrected chi connectivity index (χ1v) is 8.06. The van der Waals surface area contributed by atoms with Crippen LogP contribution in [0.5, 0.6) is 5.75 Å². The Bertz CT molecular complexity index is 853. The van der Waals surface area contributed by atoms with E-state index in [1.165, 1.54) is 0 Å². The highest BCUT2D eigenvalue weighted by molar-refractivity contribution is 5.98. The first kappa shape index (κ1) is 16.5. The van der Waals surface area contributed by atoms with Crippen molar-refractivity contribution >= 4 is 12.1 Å². The minimum Gasteiger partial charge on any atom is -0.494 e. The summed E-state index contributed by atoms with van der Waals surface area (Å²) in [4.78, 5) is 12.4. The molecule has 0 aliphatic carbocycles. The van der Waals surface area contributed by atoms with Crippen molar-refractivity contribution < 1.29 is 9.53 Å². The van der Waals surface area contributed by atoms with Gasteiger partial charge in [-0.1, -0.05) is 12.1 Å². The molecule has 3 rings (SSSR count). The van der Waals surface area contributed by atoms with E-state index < -0.39 is 0 Å². The lowest BCUT2D eigenvalue weighted by molar-refractivity contribution is 0.0955. The van der Waals surface area contributed by atoms with Gasteiger partial charge in [-0.2, -0.15) is 5.10 Å². The lowest BCUT2D eigenvalue weighted by Gasteiger charge is -2.09. The molecular formula is C20H19N3O2. The van der Waals surface area contributed by atoms with Gasteiger partial charge in [-0.05, 0) is 61.0 Å². The zero-order valence-electron chi connectivity index (χ0n) is 13.9. The molecule has 0 spiro atoms. The highest BCUT2D eigenvalue weighted by Gasteiger charge is 2.10. The fraction of sp³-hybridized carbons (Fsp3) is 0.100. The summed E-state index contributed by atoms with van der Waals surface area (Å²) in [5, 5.41) is 4.04. The normalized spacial score (nSPS) is 10.8. The van der Waals surface area contributed by atoms with Crippen LogP contribution in [0, 0.1) is 0 Å². The number of hydrogen-bond donors (Lipinski definition) is 1. The van der Waals surface area contributed by atoms with E-state index in [9.17, 15) is 4.79 Å². The summed E-state index contributed by atoms with van der Waals surface area (Å²) in [6.07, 6.45) is 5.40. The Morgan fingerprint density at radius 3 is 2.52 bits per heavy atom. The van der Waals surface area contributed by atoms with E-state index in [4.69, 9.17) is 4.74 Å². The summed E-state index contributed by atoms with van der Waals surface area (Å²) in [7, 11) is 0. The van der Waals surface area contributed by atoms with Crippen molar-refractivity contribution in [3.05, 3.63) is 84.2 Å². The van der Waals surface area contributed by atoms with Crippen LogP contribution in [0.3, 0.4) is 0 Å². The highest BCUT2D eigenvalue weighted by Crippen LogP contribution is 2.14. The van der Waals surface area contributed by atoms with Gasteiger partial charge in [-0.3, -0.25) is 4.79 Å². The summed E-state index contributed by atoms with van der Waals surface area (Å²) in [5.74, 6) is 0.552. The molecule has 3 aromatic rings. The first-order chi connectivity index (χ1) is 12.3. The molecule has 1 amide bonds. The van der Waals surface area contributed by atoms with Gasteiger partial charge in [0, 0.05) is 12.4 Å². The van der Waals surface area contributed by atoms with Gasteiger partial charge in [0.2, 0.25) is 0 Å². The molecule has 5 nitrogen and oxygen atoms in total. The predicted molar refractivity (Wildman–Crippen MR) is 98.4 cm³/mol. The van der Waals surface area contributed by atoms with E-state index in [0.29, 0.717) is 12.2 Å². The third kappa shape index (κ3) is 4.14. The summed E-state index contributed by atoms with van der Waals surface area (Å²) in [6.45, 7) is 2.57. The molecular weight excluding hydrogens is 314 g/mol. The summed E-state index contributed by atoms with van der Waals surface area (Å²) in [6, 6.07) is 18.7. The number of carbonyl (C=O) groups excluding carboxylic acids is 1. The lowest BCUT2D eigenvalue weighted by atomic mass is 10.1. The van der Waals surface area contributed by atoms with E-state index >= 15 is 0 Å². The van der Waals surface area contributed by atoms with E-state index in [-0.39, 0.29) is 5.91 Å². The molecule has 1 aromatic heterocycles. The molecule has 0 aliphatic rings. The van der Waals surface area contributed by atoms with Crippen molar-refractivity contribution in [2.45, 2.75) is 6.92 Å². The van der Waals surface area contributed by atoms with Crippen molar-refractivity contribution in [1.29, 1.82) is 0 Å². The maximum Gasteiger partial charge on any atom is 0.273 e. The fourth-order valence-electron chi connectivity index (χ4n) is 2.43. The van der Waals surface area contributed by atoms with E-state index in [0.717, 1.165) is 17.0 Å². The second-order valence-corrected chi connectivity index (χ2v) is 5.31. The second-order valence-electron chi connectivity index (χ2n) is 5.31. The Morgan fingerprint density at radius 2 is 1.80 bits per heavy atom. The Kier molecular flexibility index (Phi) is 5.26. The van der Waals surface area contributed by atoms with Crippen LogP contribution in [0.15, 0.2) is 78.2 Å². The van der Waals surface area contributed by atoms with Gasteiger partial charge in [0.15, 0.2) is 0 Å². The minimum absolute atomic E-state index is 0.258. The Hall–Kier alpha value is -3.34. The SMILES string of the molecule is CCOc1ccc(/C=N/NC(=O)c2ccccc2-n2cccc2)cc1. The molecule has 5 heteroatoms. The summed E-state index contributed by atoms with van der Waals surface area (Å²) >= 11 is 0. The number of ether oxygens (including phenoxy) is 1. The Morgan fingerprint density at radius 1 is 1.08 bits per heavy atom. The molecule has 0 radical (unpaired) electrons. The molecule has 0 atom stereocenters. The van der Waals surface area contributed by atoms with Gasteiger partial charge in [0.25, 0.3) is 5.91 Å². The zero-order valence-corrected chi connectivity index (χ0v) is 13.9. The number of para-hydroxylation sites is 1. The monoisotopic (exact) mass is 333 g/mol. The van der Waals surface area contributed by atoms with Crippen LogP contribution in [0.25, 0.3) is 5.69 Å². The quantitative estimate of drug-likeness (QED) is 0.553. The third-order valence-electron chi connectivity index (χ3n) is 3.60. The van der Waals surface area contributed by atoms with Crippen LogP contribution in [-0.2, 0) is 0 Å². The molecule has 0 saturated heterocycles. The molecule has 0 fully saturated rings. The van der Waals surface area contributed by atoms with Crippen LogP contribution < -0.4 is 10.2 Å². The van der Waals surface area contributed by atoms with E-state index in [1.807, 2.05) is 78.5 Å². The van der Waals surface area contributed by atoms with Crippen molar-refractivity contribution in [2.75, 3.05) is 6.61 Å². The number of hydrazone groups is 1. The van der Waals surface area contributed by atoms with Crippen molar-refractivity contribution in [3.8, 4) is 11.4 Å². The van der Waals surface area contributed by atoms with Crippen LogP contribution in [-0.4, -0.2) is 23.3 Å². The van der Waals surface area contributed by atoms with Gasteiger partial charge in [0.05, 0.1) is 24.1 Å². The maximum atomic E-state index is 12.4. The zero-order chi connectivity index (χ0) is 17.5. The first-order valence-electron chi connectivity index (χ1n) is 8.06. The van der Waals surface area contributed by atoms with Crippen molar-refractivity contribution in [1.82, 2.24) is 9.99 Å². The molecule has 0 bridgehead atoms. The Labute approximate surface area is 146 Å². The minimum atomic E-state index is -0.258. The molecule has 2 aromatic carbocycles. The number of amides is 1. The number of rotatable bonds is 6. The van der Waals surface area contributed by atoms with Gasteiger partial charge < -0.3 is 9.30 Å². The maximum absolute atomic E-state index is 12.4. The van der Waals surface area contributed by atoms with E-state index in [1.54, 1.807) is 12.3 Å². The van der Waals surface area contributed by atoms with Crippen molar-refractivity contribution in [3.63, 3.8) is 0 Å². The fourth-order valence-corrected chi connectivity index (χ4v) is 2.43. The summed E-state index contributed by atoms with van der Waals surface area (Å²) in [5.41, 5.74) is 4.82. The molecule has 1 heterocycles. The predicted octanol–water partition coefficient (Wildman–Crippen LogP) is 3.64. The molecule has 1 N–H and O–H groups in total. The Balaban J connectivity index is 1.69. The number of nitrogens with one attached hydrogen (secondary N) is 1. The van der Waals surface area contributed by atoms with Crippen molar-refractivity contribution in [2.24, 2.45) is 5.10 Å². The summed E-state index contributed by atoms with van der Waals surface area (Å²) < 4.78 is 7.29. The van der Waals surface area contributed by atoms with Crippen LogP contribution >= 0.6 is 0 Å². The standard InChI is InChI=1S/C20H19N3O2/c1-2-25-17-11-9-16(10-12-17)15-21-22-20(24)18-7-3-4-8-19(18)23-13-5-6-14-23/h3-15H,2H2,1H3,(H,22,24)/b21-15+. The van der Waals surface area contributed by atoms with Crippen LogP contribution in [0.2, 0.25) is 0 Å². The average Bonchev–Trinajstić information content (AvgIpc) is 3.18.